The van der Waals surface area contributed by atoms with Crippen LogP contribution in [0.25, 0.3) is 10.9 Å². The maximum atomic E-state index is 4.07. The molecule has 0 aliphatic heterocycles. The molecule has 0 saturated carbocycles. The van der Waals surface area contributed by atoms with Crippen LogP contribution in [0.3, 0.4) is 0 Å². The molecule has 0 saturated heterocycles. The summed E-state index contributed by atoms with van der Waals surface area (Å²) in [6.07, 6.45) is 3.37. The number of halogens is 1. The predicted molar refractivity (Wildman–Crippen MR) is 57.6 cm³/mol. The van der Waals surface area contributed by atoms with Gasteiger partial charge >= 0.3 is 0 Å². The van der Waals surface area contributed by atoms with Gasteiger partial charge in [0.1, 0.15) is 6.33 Å². The average Bonchev–Trinajstić information content (AvgIpc) is 2.05. The quantitative estimate of drug-likeness (QED) is 0.599. The van der Waals surface area contributed by atoms with Crippen molar-refractivity contribution in [2.75, 3.05) is 0 Å². The summed E-state index contributed by atoms with van der Waals surface area (Å²) in [4.78, 5) is 7.97. The molecule has 80 valence electrons. The van der Waals surface area contributed by atoms with Crippen LogP contribution in [0.4, 0.5) is 0 Å². The third-order valence-electron chi connectivity index (χ3n) is 1.41. The van der Waals surface area contributed by atoms with Gasteiger partial charge in [0, 0.05) is 11.6 Å². The number of aromatic nitrogens is 2. The van der Waals surface area contributed by atoms with Gasteiger partial charge < -0.3 is 16.4 Å². The molecule has 0 fully saturated rings. The van der Waals surface area contributed by atoms with Crippen molar-refractivity contribution in [2.45, 2.75) is 0 Å². The summed E-state index contributed by atoms with van der Waals surface area (Å²) in [5.41, 5.74) is 0.998. The molecule has 0 bridgehead atoms. The summed E-state index contributed by atoms with van der Waals surface area (Å²) < 4.78 is 0. The number of benzene rings is 1. The van der Waals surface area contributed by atoms with Crippen LogP contribution >= 0.6 is 12.4 Å². The van der Waals surface area contributed by atoms with E-state index in [1.807, 2.05) is 30.5 Å². The number of hydrogen-bond donors (Lipinski definition) is 0. The van der Waals surface area contributed by atoms with Gasteiger partial charge in [-0.2, -0.15) is 0 Å². The lowest BCUT2D eigenvalue weighted by molar-refractivity contribution is 0.823. The van der Waals surface area contributed by atoms with E-state index in [1.165, 1.54) is 0 Å². The van der Waals surface area contributed by atoms with Gasteiger partial charge in [-0.05, 0) is 6.07 Å². The maximum Gasteiger partial charge on any atom is 0.116 e. The average molecular weight is 221 g/mol. The zero-order valence-electron chi connectivity index (χ0n) is 7.27. The molecule has 0 unspecified atom stereocenters. The fraction of sp³-hybridized carbons (Fsp3) is 0. The molecule has 6 N–H and O–H groups in total. The van der Waals surface area contributed by atoms with E-state index in [0.717, 1.165) is 10.9 Å². The van der Waals surface area contributed by atoms with Gasteiger partial charge in [-0.25, -0.2) is 9.97 Å². The van der Waals surface area contributed by atoms with Crippen LogP contribution in [0.2, 0.25) is 0 Å². The molecule has 0 aliphatic rings. The van der Waals surface area contributed by atoms with E-state index >= 15 is 0 Å². The molecule has 0 radical (unpaired) electrons. The largest absolute Gasteiger partial charge is 0.412 e. The Morgan fingerprint density at radius 1 is 0.929 bits per heavy atom. The van der Waals surface area contributed by atoms with Crippen LogP contribution in [0.15, 0.2) is 36.8 Å². The van der Waals surface area contributed by atoms with Gasteiger partial charge in [-0.15, -0.1) is 12.4 Å². The minimum absolute atomic E-state index is 0. The number of fused-ring (bicyclic) bond motifs is 1. The lowest BCUT2D eigenvalue weighted by atomic mass is 10.2. The van der Waals surface area contributed by atoms with Gasteiger partial charge in [0.05, 0.1) is 5.52 Å². The molecule has 0 spiro atoms. The molecule has 14 heavy (non-hydrogen) atoms. The molecular weight excluding hydrogens is 208 g/mol. The minimum Gasteiger partial charge on any atom is -0.412 e. The summed E-state index contributed by atoms with van der Waals surface area (Å²) in [7, 11) is 0. The van der Waals surface area contributed by atoms with E-state index in [4.69, 9.17) is 0 Å². The third-order valence-corrected chi connectivity index (χ3v) is 1.41. The molecule has 0 atom stereocenters. The molecule has 0 amide bonds. The topological polar surface area (TPSA) is 120 Å². The SMILES string of the molecule is Cl.O.O.O.c1ccc2ncncc2c1. The molecule has 2 rings (SSSR count). The van der Waals surface area contributed by atoms with Crippen LogP contribution < -0.4 is 0 Å². The Morgan fingerprint density at radius 3 is 2.21 bits per heavy atom. The maximum absolute atomic E-state index is 4.07. The van der Waals surface area contributed by atoms with Crippen molar-refractivity contribution < 1.29 is 16.4 Å². The first-order valence-electron chi connectivity index (χ1n) is 3.11. The van der Waals surface area contributed by atoms with Gasteiger partial charge in [0.25, 0.3) is 0 Å². The number of para-hydroxylation sites is 1. The van der Waals surface area contributed by atoms with Crippen molar-refractivity contribution in [3.63, 3.8) is 0 Å². The van der Waals surface area contributed by atoms with Crippen molar-refractivity contribution >= 4 is 23.3 Å². The highest BCUT2D eigenvalue weighted by atomic mass is 35.5. The Kier molecular flexibility index (Phi) is 11.0. The second kappa shape index (κ2) is 8.33. The standard InChI is InChI=1S/C8H6N2.ClH.3H2O/c1-2-4-8-7(3-1)5-9-6-10-8;;;;/h1-6H;1H;3*1H2. The highest BCUT2D eigenvalue weighted by Gasteiger charge is 1.87. The molecule has 1 aromatic carbocycles. The van der Waals surface area contributed by atoms with Crippen LogP contribution in [0, 0.1) is 0 Å². The summed E-state index contributed by atoms with van der Waals surface area (Å²) in [6.45, 7) is 0. The normalized spacial score (nSPS) is 7.14. The molecule has 5 nitrogen and oxygen atoms in total. The smallest absolute Gasteiger partial charge is 0.116 e. The lowest BCUT2D eigenvalue weighted by Gasteiger charge is -1.90. The number of nitrogens with zero attached hydrogens (tertiary/aromatic N) is 2. The van der Waals surface area contributed by atoms with Crippen molar-refractivity contribution in [1.29, 1.82) is 0 Å². The predicted octanol–water partition coefficient (Wildman–Crippen LogP) is -0.423. The van der Waals surface area contributed by atoms with E-state index in [-0.39, 0.29) is 28.8 Å². The first kappa shape index (κ1) is 18.5. The highest BCUT2D eigenvalue weighted by Crippen LogP contribution is 2.06. The van der Waals surface area contributed by atoms with Crippen molar-refractivity contribution in [3.05, 3.63) is 36.8 Å². The van der Waals surface area contributed by atoms with E-state index in [1.54, 1.807) is 6.33 Å². The lowest BCUT2D eigenvalue weighted by Crippen LogP contribution is -1.77. The second-order valence-corrected chi connectivity index (χ2v) is 2.08. The van der Waals surface area contributed by atoms with Crippen molar-refractivity contribution in [3.8, 4) is 0 Å². The first-order valence-corrected chi connectivity index (χ1v) is 3.11. The van der Waals surface area contributed by atoms with Crippen LogP contribution in [0.1, 0.15) is 0 Å². The Labute approximate surface area is 87.1 Å². The number of hydrogen-bond acceptors (Lipinski definition) is 2. The van der Waals surface area contributed by atoms with Gasteiger partial charge in [0.2, 0.25) is 0 Å². The molecule has 2 aromatic rings. The fourth-order valence-corrected chi connectivity index (χ4v) is 0.923. The Bertz CT molecular complexity index is 294. The summed E-state index contributed by atoms with van der Waals surface area (Å²) >= 11 is 0. The van der Waals surface area contributed by atoms with Gasteiger partial charge in [-0.1, -0.05) is 18.2 Å². The monoisotopic (exact) mass is 220 g/mol. The highest BCUT2D eigenvalue weighted by molar-refractivity contribution is 5.85. The first-order chi connectivity index (χ1) is 4.97. The van der Waals surface area contributed by atoms with Gasteiger partial charge in [0.15, 0.2) is 0 Å². The molecule has 6 heteroatoms. The van der Waals surface area contributed by atoms with Crippen LogP contribution in [-0.2, 0) is 0 Å². The van der Waals surface area contributed by atoms with E-state index in [2.05, 4.69) is 9.97 Å². The van der Waals surface area contributed by atoms with Crippen molar-refractivity contribution in [1.82, 2.24) is 9.97 Å². The van der Waals surface area contributed by atoms with E-state index in [0.29, 0.717) is 0 Å². The Balaban J connectivity index is -0.000000302. The van der Waals surface area contributed by atoms with E-state index < -0.39 is 0 Å². The molecule has 0 aliphatic carbocycles. The Morgan fingerprint density at radius 2 is 1.57 bits per heavy atom. The summed E-state index contributed by atoms with van der Waals surface area (Å²) in [5.74, 6) is 0. The molecule has 1 heterocycles. The van der Waals surface area contributed by atoms with Crippen LogP contribution in [-0.4, -0.2) is 26.4 Å². The zero-order chi connectivity index (χ0) is 6.81. The fourth-order valence-electron chi connectivity index (χ4n) is 0.923. The number of rotatable bonds is 0. The summed E-state index contributed by atoms with van der Waals surface area (Å²) in [5, 5.41) is 1.09. The zero-order valence-corrected chi connectivity index (χ0v) is 8.08. The molecule has 1 aromatic heterocycles. The Hall–Kier alpha value is -1.27. The van der Waals surface area contributed by atoms with Gasteiger partial charge in [-0.3, -0.25) is 0 Å². The van der Waals surface area contributed by atoms with Crippen LogP contribution in [0.5, 0.6) is 0 Å². The molecular formula is C8H13ClN2O3. The van der Waals surface area contributed by atoms with E-state index in [9.17, 15) is 0 Å². The van der Waals surface area contributed by atoms with Crippen molar-refractivity contribution in [2.24, 2.45) is 0 Å². The second-order valence-electron chi connectivity index (χ2n) is 2.08. The minimum atomic E-state index is 0. The summed E-state index contributed by atoms with van der Waals surface area (Å²) in [6, 6.07) is 7.91. The third kappa shape index (κ3) is 3.63.